The second-order valence-electron chi connectivity index (χ2n) is 6.74. The monoisotopic (exact) mass is 340 g/mol. The van der Waals surface area contributed by atoms with Gasteiger partial charge in [0.05, 0.1) is 11.3 Å². The van der Waals surface area contributed by atoms with Crippen LogP contribution in [0.25, 0.3) is 16.8 Å². The minimum Gasteiger partial charge on any atom is -0.478 e. The van der Waals surface area contributed by atoms with Crippen LogP contribution in [0, 0.1) is 5.82 Å². The van der Waals surface area contributed by atoms with Crippen molar-refractivity contribution in [3.8, 4) is 16.8 Å². The minimum atomic E-state index is -1.06. The van der Waals surface area contributed by atoms with E-state index in [0.29, 0.717) is 22.6 Å². The molecule has 2 aromatic carbocycles. The maximum Gasteiger partial charge on any atom is 0.335 e. The predicted molar refractivity (Wildman–Crippen MR) is 90.2 cm³/mol. The summed E-state index contributed by atoms with van der Waals surface area (Å²) >= 11 is 0. The smallest absolute Gasteiger partial charge is 0.335 e. The Balaban J connectivity index is 2.20. The summed E-state index contributed by atoms with van der Waals surface area (Å²) in [5.41, 5.74) is 1.67. The van der Waals surface area contributed by atoms with Gasteiger partial charge in [0.15, 0.2) is 5.82 Å². The van der Waals surface area contributed by atoms with Crippen LogP contribution >= 0.6 is 0 Å². The topological polar surface area (TPSA) is 80.9 Å². The van der Waals surface area contributed by atoms with Crippen LogP contribution in [0.1, 0.15) is 37.0 Å². The number of tetrazole rings is 1. The maximum atomic E-state index is 13.2. The molecule has 0 atom stereocenters. The van der Waals surface area contributed by atoms with E-state index in [4.69, 9.17) is 0 Å². The molecule has 0 amide bonds. The molecule has 1 aromatic heterocycles. The molecule has 3 rings (SSSR count). The fourth-order valence-corrected chi connectivity index (χ4v) is 2.49. The van der Waals surface area contributed by atoms with Crippen molar-refractivity contribution in [3.05, 3.63) is 59.7 Å². The second kappa shape index (κ2) is 6.08. The number of carboxylic acids is 1. The van der Waals surface area contributed by atoms with Crippen LogP contribution in [0.5, 0.6) is 0 Å². The maximum absolute atomic E-state index is 13.2. The van der Waals surface area contributed by atoms with Gasteiger partial charge in [0, 0.05) is 5.41 Å². The zero-order chi connectivity index (χ0) is 18.2. The number of rotatable bonds is 3. The third kappa shape index (κ3) is 3.40. The summed E-state index contributed by atoms with van der Waals surface area (Å²) in [6, 6.07) is 10.7. The lowest BCUT2D eigenvalue weighted by Gasteiger charge is -2.17. The quantitative estimate of drug-likeness (QED) is 0.789. The molecule has 0 aliphatic heterocycles. The molecular formula is C18H17FN4O2. The lowest BCUT2D eigenvalue weighted by atomic mass is 9.95. The fraction of sp³-hybridized carbons (Fsp3) is 0.222. The summed E-state index contributed by atoms with van der Waals surface area (Å²) in [6.07, 6.45) is 0. The molecular weight excluding hydrogens is 323 g/mol. The largest absolute Gasteiger partial charge is 0.478 e. The van der Waals surface area contributed by atoms with Crippen LogP contribution in [0.15, 0.2) is 42.5 Å². The average molecular weight is 340 g/mol. The molecule has 1 N–H and O–H groups in total. The van der Waals surface area contributed by atoms with E-state index in [2.05, 4.69) is 15.5 Å². The van der Waals surface area contributed by atoms with Gasteiger partial charge in [-0.3, -0.25) is 0 Å². The summed E-state index contributed by atoms with van der Waals surface area (Å²) < 4.78 is 14.7. The summed E-state index contributed by atoms with van der Waals surface area (Å²) in [6.45, 7) is 5.91. The summed E-state index contributed by atoms with van der Waals surface area (Å²) in [4.78, 5) is 11.5. The first kappa shape index (κ1) is 16.8. The number of carboxylic acid groups (broad SMARTS) is 1. The second-order valence-corrected chi connectivity index (χ2v) is 6.74. The molecule has 0 unspecified atom stereocenters. The van der Waals surface area contributed by atoms with E-state index in [1.54, 1.807) is 24.3 Å². The lowest BCUT2D eigenvalue weighted by molar-refractivity contribution is 0.0697. The van der Waals surface area contributed by atoms with Gasteiger partial charge in [0.25, 0.3) is 0 Å². The SMILES string of the molecule is CC(C)(C)c1nnnn1-c1cc(C(=O)O)cc(-c2ccc(F)cc2)c1. The van der Waals surface area contributed by atoms with E-state index in [9.17, 15) is 14.3 Å². The Labute approximate surface area is 143 Å². The van der Waals surface area contributed by atoms with Gasteiger partial charge in [0.1, 0.15) is 5.82 Å². The highest BCUT2D eigenvalue weighted by Gasteiger charge is 2.23. The minimum absolute atomic E-state index is 0.104. The van der Waals surface area contributed by atoms with Crippen LogP contribution in [0.4, 0.5) is 4.39 Å². The molecule has 1 heterocycles. The van der Waals surface area contributed by atoms with Gasteiger partial charge >= 0.3 is 5.97 Å². The molecule has 0 aliphatic rings. The standard InChI is InChI=1S/C18H17FN4O2/c1-18(2,3)17-20-21-22-23(17)15-9-12(8-13(10-15)16(24)25)11-4-6-14(19)7-5-11/h4-10H,1-3H3,(H,24,25). The number of benzene rings is 2. The van der Waals surface area contributed by atoms with E-state index in [1.807, 2.05) is 20.8 Å². The normalized spacial score (nSPS) is 11.5. The van der Waals surface area contributed by atoms with E-state index < -0.39 is 5.97 Å². The first-order chi connectivity index (χ1) is 11.8. The lowest BCUT2D eigenvalue weighted by Crippen LogP contribution is -2.19. The Morgan fingerprint density at radius 3 is 2.36 bits per heavy atom. The molecule has 0 radical (unpaired) electrons. The molecule has 128 valence electrons. The van der Waals surface area contributed by atoms with Crippen LogP contribution < -0.4 is 0 Å². The molecule has 0 saturated heterocycles. The number of halogens is 1. The number of aromatic carboxylic acids is 1. The predicted octanol–water partition coefficient (Wildman–Crippen LogP) is 3.46. The van der Waals surface area contributed by atoms with Gasteiger partial charge in [0.2, 0.25) is 0 Å². The van der Waals surface area contributed by atoms with E-state index in [-0.39, 0.29) is 16.8 Å². The van der Waals surface area contributed by atoms with Gasteiger partial charge in [-0.15, -0.1) is 5.10 Å². The Bertz CT molecular complexity index is 927. The highest BCUT2D eigenvalue weighted by Crippen LogP contribution is 2.27. The van der Waals surface area contributed by atoms with E-state index in [1.165, 1.54) is 22.9 Å². The van der Waals surface area contributed by atoms with Crippen molar-refractivity contribution in [2.45, 2.75) is 26.2 Å². The molecule has 3 aromatic rings. The zero-order valence-electron chi connectivity index (χ0n) is 14.1. The molecule has 0 spiro atoms. The van der Waals surface area contributed by atoms with E-state index >= 15 is 0 Å². The van der Waals surface area contributed by atoms with Crippen molar-refractivity contribution >= 4 is 5.97 Å². The molecule has 25 heavy (non-hydrogen) atoms. The number of aromatic nitrogens is 4. The van der Waals surface area contributed by atoms with E-state index in [0.717, 1.165) is 0 Å². The summed E-state index contributed by atoms with van der Waals surface area (Å²) in [5.74, 6) is -0.801. The Morgan fingerprint density at radius 1 is 1.08 bits per heavy atom. The highest BCUT2D eigenvalue weighted by atomic mass is 19.1. The zero-order valence-corrected chi connectivity index (χ0v) is 14.1. The van der Waals surface area contributed by atoms with Gasteiger partial charge in [-0.05, 0) is 51.9 Å². The van der Waals surface area contributed by atoms with Gasteiger partial charge in [-0.2, -0.15) is 4.68 Å². The third-order valence-electron chi connectivity index (χ3n) is 3.73. The Hall–Kier alpha value is -3.09. The molecule has 0 saturated carbocycles. The molecule has 0 fully saturated rings. The first-order valence-corrected chi connectivity index (χ1v) is 7.69. The van der Waals surface area contributed by atoms with Crippen molar-refractivity contribution in [2.24, 2.45) is 0 Å². The number of hydrogen-bond acceptors (Lipinski definition) is 4. The summed E-state index contributed by atoms with van der Waals surface area (Å²) in [5, 5.41) is 21.2. The third-order valence-corrected chi connectivity index (χ3v) is 3.73. The van der Waals surface area contributed by atoms with Crippen molar-refractivity contribution in [2.75, 3.05) is 0 Å². The van der Waals surface area contributed by atoms with Crippen molar-refractivity contribution < 1.29 is 14.3 Å². The number of carbonyl (C=O) groups is 1. The Morgan fingerprint density at radius 2 is 1.76 bits per heavy atom. The summed E-state index contributed by atoms with van der Waals surface area (Å²) in [7, 11) is 0. The number of hydrogen-bond donors (Lipinski definition) is 1. The van der Waals surface area contributed by atoms with Gasteiger partial charge in [-0.25, -0.2) is 9.18 Å². The highest BCUT2D eigenvalue weighted by molar-refractivity contribution is 5.90. The van der Waals surface area contributed by atoms with Crippen LogP contribution in [0.3, 0.4) is 0 Å². The van der Waals surface area contributed by atoms with Crippen molar-refractivity contribution in [3.63, 3.8) is 0 Å². The molecule has 7 heteroatoms. The molecule has 6 nitrogen and oxygen atoms in total. The van der Waals surface area contributed by atoms with Crippen LogP contribution in [-0.4, -0.2) is 31.3 Å². The molecule has 0 bridgehead atoms. The van der Waals surface area contributed by atoms with Crippen LogP contribution in [0.2, 0.25) is 0 Å². The van der Waals surface area contributed by atoms with Crippen molar-refractivity contribution in [1.29, 1.82) is 0 Å². The number of nitrogens with zero attached hydrogens (tertiary/aromatic N) is 4. The van der Waals surface area contributed by atoms with Crippen molar-refractivity contribution in [1.82, 2.24) is 20.2 Å². The first-order valence-electron chi connectivity index (χ1n) is 7.69. The fourth-order valence-electron chi connectivity index (χ4n) is 2.49. The van der Waals surface area contributed by atoms with Crippen LogP contribution in [-0.2, 0) is 5.41 Å². The average Bonchev–Trinajstić information content (AvgIpc) is 3.05. The van der Waals surface area contributed by atoms with Gasteiger partial charge < -0.3 is 5.11 Å². The Kier molecular flexibility index (Phi) is 4.08. The van der Waals surface area contributed by atoms with Gasteiger partial charge in [-0.1, -0.05) is 32.9 Å². The molecule has 0 aliphatic carbocycles.